The zero-order chi connectivity index (χ0) is 17.0. The summed E-state index contributed by atoms with van der Waals surface area (Å²) in [6.45, 7) is 6.32. The maximum absolute atomic E-state index is 12.2. The molecule has 1 aliphatic rings. The number of sulfone groups is 1. The first kappa shape index (κ1) is 17.6. The van der Waals surface area contributed by atoms with Crippen molar-refractivity contribution in [3.05, 3.63) is 29.3 Å². The smallest absolute Gasteiger partial charge is 0.320 e. The van der Waals surface area contributed by atoms with Crippen molar-refractivity contribution < 1.29 is 17.9 Å². The third kappa shape index (κ3) is 4.60. The highest BCUT2D eigenvalue weighted by molar-refractivity contribution is 7.91. The Morgan fingerprint density at radius 2 is 2.13 bits per heavy atom. The number of rotatable bonds is 5. The second-order valence-corrected chi connectivity index (χ2v) is 8.11. The van der Waals surface area contributed by atoms with Crippen LogP contribution in [0.15, 0.2) is 18.2 Å². The topological polar surface area (TPSA) is 75.7 Å². The molecule has 0 radical (unpaired) electrons. The first-order chi connectivity index (χ1) is 10.8. The minimum Gasteiger partial charge on any atom is -0.473 e. The number of ether oxygens (including phenoxy) is 1. The number of aryl methyl sites for hydroxylation is 2. The quantitative estimate of drug-likeness (QED) is 0.830. The summed E-state index contributed by atoms with van der Waals surface area (Å²) in [7, 11) is -3.01. The van der Waals surface area contributed by atoms with Crippen LogP contribution >= 0.6 is 0 Å². The number of nitrogens with one attached hydrogen (secondary N) is 1. The van der Waals surface area contributed by atoms with Crippen LogP contribution in [0, 0.1) is 13.8 Å². The van der Waals surface area contributed by atoms with E-state index in [1.807, 2.05) is 39.0 Å². The van der Waals surface area contributed by atoms with Crippen LogP contribution in [0.3, 0.4) is 0 Å². The predicted octanol–water partition coefficient (Wildman–Crippen LogP) is 1.86. The zero-order valence-electron chi connectivity index (χ0n) is 13.8. The Morgan fingerprint density at radius 3 is 2.70 bits per heavy atom. The normalized spacial score (nSPS) is 19.3. The van der Waals surface area contributed by atoms with Crippen LogP contribution < -0.4 is 10.1 Å². The molecule has 1 atom stereocenters. The molecule has 0 aromatic heterocycles. The highest BCUT2D eigenvalue weighted by atomic mass is 32.2. The van der Waals surface area contributed by atoms with Gasteiger partial charge >= 0.3 is 6.03 Å². The summed E-state index contributed by atoms with van der Waals surface area (Å²) >= 11 is 0. The average Bonchev–Trinajstić information content (AvgIpc) is 2.82. The lowest BCUT2D eigenvalue weighted by Gasteiger charge is -2.27. The van der Waals surface area contributed by atoms with Crippen molar-refractivity contribution in [2.75, 3.05) is 24.8 Å². The molecule has 2 rings (SSSR count). The minimum atomic E-state index is -3.01. The van der Waals surface area contributed by atoms with E-state index >= 15 is 0 Å². The molecule has 1 unspecified atom stereocenters. The van der Waals surface area contributed by atoms with Crippen molar-refractivity contribution in [2.45, 2.75) is 33.2 Å². The van der Waals surface area contributed by atoms with Crippen LogP contribution in [0.25, 0.3) is 0 Å². The van der Waals surface area contributed by atoms with Crippen molar-refractivity contribution in [3.8, 4) is 5.75 Å². The minimum absolute atomic E-state index is 0.0478. The summed E-state index contributed by atoms with van der Waals surface area (Å²) in [5.74, 6) is 0.926. The van der Waals surface area contributed by atoms with E-state index in [1.54, 1.807) is 4.90 Å². The Labute approximate surface area is 137 Å². The summed E-state index contributed by atoms with van der Waals surface area (Å²) in [6, 6.07) is 5.30. The maximum atomic E-state index is 12.2. The van der Waals surface area contributed by atoms with Crippen LogP contribution in [0.2, 0.25) is 0 Å². The number of carbonyl (C=O) groups is 1. The molecule has 23 heavy (non-hydrogen) atoms. The van der Waals surface area contributed by atoms with Gasteiger partial charge in [0.15, 0.2) is 16.6 Å². The Bertz CT molecular complexity index is 673. The predicted molar refractivity (Wildman–Crippen MR) is 89.4 cm³/mol. The second kappa shape index (κ2) is 7.21. The van der Waals surface area contributed by atoms with Gasteiger partial charge in [-0.05, 0) is 38.8 Å². The van der Waals surface area contributed by atoms with E-state index in [2.05, 4.69) is 5.32 Å². The molecule has 1 aromatic rings. The molecule has 0 bridgehead atoms. The van der Waals surface area contributed by atoms with E-state index in [9.17, 15) is 13.2 Å². The van der Waals surface area contributed by atoms with Crippen LogP contribution in [-0.4, -0.2) is 50.2 Å². The van der Waals surface area contributed by atoms with Gasteiger partial charge in [0.05, 0.1) is 11.5 Å². The van der Waals surface area contributed by atoms with E-state index in [-0.39, 0.29) is 30.3 Å². The number of hydrogen-bond donors (Lipinski definition) is 1. The second-order valence-electron chi connectivity index (χ2n) is 5.88. The van der Waals surface area contributed by atoms with Gasteiger partial charge in [-0.3, -0.25) is 0 Å². The molecule has 1 fully saturated rings. The lowest BCUT2D eigenvalue weighted by molar-refractivity contribution is 0.172. The van der Waals surface area contributed by atoms with Crippen LogP contribution in [0.4, 0.5) is 4.79 Å². The van der Waals surface area contributed by atoms with E-state index in [0.717, 1.165) is 16.9 Å². The SMILES string of the molecule is CCN(C(=O)NCOc1ccc(C)cc1C)C1CCS(=O)(=O)C1. The molecule has 1 saturated heterocycles. The number of urea groups is 1. The molecule has 0 saturated carbocycles. The fourth-order valence-corrected chi connectivity index (χ4v) is 4.56. The first-order valence-corrected chi connectivity index (χ1v) is 9.59. The van der Waals surface area contributed by atoms with Gasteiger partial charge in [-0.25, -0.2) is 13.2 Å². The van der Waals surface area contributed by atoms with E-state index < -0.39 is 9.84 Å². The average molecular weight is 340 g/mol. The number of benzene rings is 1. The number of carbonyl (C=O) groups excluding carboxylic acids is 1. The lowest BCUT2D eigenvalue weighted by atomic mass is 10.1. The van der Waals surface area contributed by atoms with Crippen molar-refractivity contribution in [1.29, 1.82) is 0 Å². The molecule has 1 N–H and O–H groups in total. The van der Waals surface area contributed by atoms with Crippen molar-refractivity contribution in [3.63, 3.8) is 0 Å². The zero-order valence-corrected chi connectivity index (χ0v) is 14.6. The third-order valence-corrected chi connectivity index (χ3v) is 5.78. The standard InChI is InChI=1S/C16H24N2O4S/c1-4-18(14-7-8-23(20,21)10-14)16(19)17-11-22-15-6-5-12(2)9-13(15)3/h5-6,9,14H,4,7-8,10-11H2,1-3H3,(H,17,19). The Hall–Kier alpha value is -1.76. The summed E-state index contributed by atoms with van der Waals surface area (Å²) in [5, 5.41) is 2.70. The summed E-state index contributed by atoms with van der Waals surface area (Å²) in [4.78, 5) is 13.8. The number of nitrogens with zero attached hydrogens (tertiary/aromatic N) is 1. The fourth-order valence-electron chi connectivity index (χ4n) is 2.83. The number of hydrogen-bond acceptors (Lipinski definition) is 4. The summed E-state index contributed by atoms with van der Waals surface area (Å²) in [6.07, 6.45) is 0.502. The van der Waals surface area contributed by atoms with Gasteiger partial charge in [-0.1, -0.05) is 17.7 Å². The van der Waals surface area contributed by atoms with Crippen molar-refractivity contribution in [1.82, 2.24) is 10.2 Å². The molecule has 2 amide bonds. The summed E-state index contributed by atoms with van der Waals surface area (Å²) < 4.78 is 28.7. The largest absolute Gasteiger partial charge is 0.473 e. The highest BCUT2D eigenvalue weighted by Gasteiger charge is 2.33. The van der Waals surface area contributed by atoms with Gasteiger partial charge in [0, 0.05) is 12.6 Å². The third-order valence-electron chi connectivity index (χ3n) is 4.03. The highest BCUT2D eigenvalue weighted by Crippen LogP contribution is 2.19. The van der Waals surface area contributed by atoms with E-state index in [1.165, 1.54) is 0 Å². The maximum Gasteiger partial charge on any atom is 0.320 e. The van der Waals surface area contributed by atoms with Gasteiger partial charge in [0.25, 0.3) is 0 Å². The molecule has 7 heteroatoms. The number of amides is 2. The lowest BCUT2D eigenvalue weighted by Crippen LogP contribution is -2.47. The van der Waals surface area contributed by atoms with Gasteiger partial charge in [0.2, 0.25) is 0 Å². The molecule has 128 valence electrons. The molecule has 1 aromatic carbocycles. The molecule has 1 aliphatic heterocycles. The molecule has 1 heterocycles. The molecular weight excluding hydrogens is 316 g/mol. The van der Waals surface area contributed by atoms with Gasteiger partial charge in [0.1, 0.15) is 5.75 Å². The van der Waals surface area contributed by atoms with Crippen molar-refractivity contribution >= 4 is 15.9 Å². The Balaban J connectivity index is 1.88. The monoisotopic (exact) mass is 340 g/mol. The molecule has 0 aliphatic carbocycles. The van der Waals surface area contributed by atoms with Gasteiger partial charge in [-0.15, -0.1) is 0 Å². The Kier molecular flexibility index (Phi) is 5.51. The van der Waals surface area contributed by atoms with Gasteiger partial charge < -0.3 is 15.0 Å². The van der Waals surface area contributed by atoms with E-state index in [4.69, 9.17) is 4.74 Å². The van der Waals surface area contributed by atoms with E-state index in [0.29, 0.717) is 13.0 Å². The van der Waals surface area contributed by atoms with Crippen LogP contribution in [0.5, 0.6) is 5.75 Å². The van der Waals surface area contributed by atoms with Crippen molar-refractivity contribution in [2.24, 2.45) is 0 Å². The van der Waals surface area contributed by atoms with Crippen LogP contribution in [0.1, 0.15) is 24.5 Å². The molecule has 0 spiro atoms. The fraction of sp³-hybridized carbons (Fsp3) is 0.562. The first-order valence-electron chi connectivity index (χ1n) is 7.77. The van der Waals surface area contributed by atoms with Gasteiger partial charge in [-0.2, -0.15) is 0 Å². The summed E-state index contributed by atoms with van der Waals surface area (Å²) in [5.41, 5.74) is 2.16. The molecular formula is C16H24N2O4S. The Morgan fingerprint density at radius 1 is 1.39 bits per heavy atom. The van der Waals surface area contributed by atoms with Crippen LogP contribution in [-0.2, 0) is 9.84 Å². The molecule has 6 nitrogen and oxygen atoms in total.